The van der Waals surface area contributed by atoms with Gasteiger partial charge >= 0.3 is 0 Å². The molecule has 7 nitrogen and oxygen atoms in total. The summed E-state index contributed by atoms with van der Waals surface area (Å²) in [6.45, 7) is 6.00. The lowest BCUT2D eigenvalue weighted by Gasteiger charge is -2.30. The van der Waals surface area contributed by atoms with Gasteiger partial charge in [0, 0.05) is 30.6 Å². The van der Waals surface area contributed by atoms with E-state index in [1.54, 1.807) is 49.8 Å². The van der Waals surface area contributed by atoms with Gasteiger partial charge in [-0.2, -0.15) is 5.48 Å². The van der Waals surface area contributed by atoms with Crippen molar-refractivity contribution < 1.29 is 9.94 Å². The van der Waals surface area contributed by atoms with Gasteiger partial charge in [0.2, 0.25) is 0 Å². The highest BCUT2D eigenvalue weighted by atomic mass is 16.6. The van der Waals surface area contributed by atoms with Crippen LogP contribution in [0.15, 0.2) is 66.7 Å². The molecule has 0 bridgehead atoms. The van der Waals surface area contributed by atoms with Crippen LogP contribution in [-0.2, 0) is 10.4 Å². The number of allylic oxidation sites excluding steroid dienone is 2. The molecule has 0 radical (unpaired) electrons. The van der Waals surface area contributed by atoms with Crippen molar-refractivity contribution in [1.29, 1.82) is 0 Å². The fourth-order valence-corrected chi connectivity index (χ4v) is 3.84. The highest BCUT2D eigenvalue weighted by Crippen LogP contribution is 2.42. The Kier molecular flexibility index (Phi) is 6.58. The molecule has 0 aliphatic rings. The number of aromatic nitrogens is 2. The summed E-state index contributed by atoms with van der Waals surface area (Å²) in [6.07, 6.45) is 3.24. The molecule has 0 spiro atoms. The maximum atomic E-state index is 12.1. The predicted molar refractivity (Wildman–Crippen MR) is 123 cm³/mol. The first-order chi connectivity index (χ1) is 14.8. The molecule has 3 aromatic rings. The Balaban J connectivity index is 2.35. The van der Waals surface area contributed by atoms with E-state index in [-0.39, 0.29) is 11.6 Å². The van der Waals surface area contributed by atoms with Gasteiger partial charge in [-0.1, -0.05) is 26.0 Å². The zero-order valence-corrected chi connectivity index (χ0v) is 18.3. The fraction of sp³-hybridized carbons (Fsp3) is 0.250. The first-order valence-corrected chi connectivity index (χ1v) is 10.1. The highest BCUT2D eigenvalue weighted by Gasteiger charge is 2.39. The minimum Gasteiger partial charge on any atom is -0.413 e. The summed E-state index contributed by atoms with van der Waals surface area (Å²) in [7, 11) is 1.70. The number of aliphatic hydroxyl groups is 1. The Hall–Kier alpha value is -3.42. The predicted octanol–water partition coefficient (Wildman–Crippen LogP) is 3.46. The van der Waals surface area contributed by atoms with Crippen LogP contribution in [0.5, 0.6) is 0 Å². The molecule has 0 aliphatic carbocycles. The molecule has 0 saturated carbocycles. The molecule has 31 heavy (non-hydrogen) atoms. The summed E-state index contributed by atoms with van der Waals surface area (Å²) in [6, 6.07) is 14.3. The molecule has 0 saturated heterocycles. The first kappa shape index (κ1) is 22.3. The van der Waals surface area contributed by atoms with E-state index in [2.05, 4.69) is 29.3 Å². The van der Waals surface area contributed by atoms with Crippen molar-refractivity contribution in [2.45, 2.75) is 26.4 Å². The van der Waals surface area contributed by atoms with E-state index in [1.807, 2.05) is 25.1 Å². The van der Waals surface area contributed by atoms with E-state index < -0.39 is 5.60 Å². The van der Waals surface area contributed by atoms with Gasteiger partial charge in [-0.25, -0.2) is 0 Å². The van der Waals surface area contributed by atoms with Gasteiger partial charge in [-0.3, -0.25) is 9.97 Å². The molecule has 1 aromatic carbocycles. The second-order valence-electron chi connectivity index (χ2n) is 7.60. The third kappa shape index (κ3) is 4.23. The van der Waals surface area contributed by atoms with Crippen LogP contribution >= 0.6 is 0 Å². The van der Waals surface area contributed by atoms with Crippen molar-refractivity contribution in [3.8, 4) is 0 Å². The second-order valence-corrected chi connectivity index (χ2v) is 7.60. The largest absolute Gasteiger partial charge is 0.413 e. The maximum Gasteiger partial charge on any atom is 0.176 e. The lowest BCUT2D eigenvalue weighted by atomic mass is 9.82. The van der Waals surface area contributed by atoms with Crippen molar-refractivity contribution >= 4 is 16.9 Å². The van der Waals surface area contributed by atoms with E-state index in [0.29, 0.717) is 28.4 Å². The van der Waals surface area contributed by atoms with E-state index in [1.165, 1.54) is 0 Å². The van der Waals surface area contributed by atoms with Crippen molar-refractivity contribution in [3.63, 3.8) is 0 Å². The van der Waals surface area contributed by atoms with E-state index >= 15 is 0 Å². The molecule has 6 N–H and O–H groups in total. The molecule has 0 atom stereocenters. The van der Waals surface area contributed by atoms with Gasteiger partial charge in [0.25, 0.3) is 0 Å². The van der Waals surface area contributed by atoms with Crippen LogP contribution in [0.4, 0.5) is 11.4 Å². The third-order valence-electron chi connectivity index (χ3n) is 5.20. The Morgan fingerprint density at radius 1 is 1.03 bits per heavy atom. The van der Waals surface area contributed by atoms with Crippen molar-refractivity contribution in [2.75, 3.05) is 18.5 Å². The molecule has 0 unspecified atom stereocenters. The molecular weight excluding hydrogens is 390 g/mol. The number of hydrogen-bond donors (Lipinski definition) is 4. The number of nitrogen functional groups attached to an aromatic ring is 2. The van der Waals surface area contributed by atoms with E-state index in [0.717, 1.165) is 11.1 Å². The average molecular weight is 420 g/mol. The van der Waals surface area contributed by atoms with Gasteiger partial charge in [0.1, 0.15) is 5.76 Å². The third-order valence-corrected chi connectivity index (χ3v) is 5.20. The van der Waals surface area contributed by atoms with Crippen molar-refractivity contribution in [3.05, 3.63) is 89.2 Å². The Labute approximate surface area is 182 Å². The number of anilines is 2. The van der Waals surface area contributed by atoms with Gasteiger partial charge in [-0.05, 0) is 54.8 Å². The zero-order chi connectivity index (χ0) is 22.6. The number of nitrogens with zero attached hydrogens (tertiary/aromatic N) is 2. The summed E-state index contributed by atoms with van der Waals surface area (Å²) in [4.78, 5) is 14.4. The summed E-state index contributed by atoms with van der Waals surface area (Å²) in [5, 5.41) is 12.1. The number of nitrogens with two attached hydrogens (primary N) is 2. The number of pyridine rings is 2. The molecule has 2 heterocycles. The topological polar surface area (TPSA) is 119 Å². The average Bonchev–Trinajstić information content (AvgIpc) is 2.76. The number of rotatable bonds is 7. The van der Waals surface area contributed by atoms with E-state index in [4.69, 9.17) is 16.3 Å². The molecule has 7 heteroatoms. The molecule has 0 fully saturated rings. The van der Waals surface area contributed by atoms with Gasteiger partial charge in [0.05, 0.1) is 22.8 Å². The van der Waals surface area contributed by atoms with Crippen LogP contribution in [0.3, 0.4) is 0 Å². The Morgan fingerprint density at radius 3 is 2.06 bits per heavy atom. The monoisotopic (exact) mass is 419 g/mol. The van der Waals surface area contributed by atoms with Crippen LogP contribution < -0.4 is 16.9 Å². The first-order valence-electron chi connectivity index (χ1n) is 10.1. The number of hydroxylamine groups is 1. The van der Waals surface area contributed by atoms with Crippen molar-refractivity contribution in [2.24, 2.45) is 5.92 Å². The normalized spacial score (nSPS) is 12.6. The zero-order valence-electron chi connectivity index (χ0n) is 18.3. The lowest BCUT2D eigenvalue weighted by molar-refractivity contribution is 0.116. The van der Waals surface area contributed by atoms with Crippen LogP contribution in [0, 0.1) is 5.92 Å². The Morgan fingerprint density at radius 2 is 1.61 bits per heavy atom. The SMILES string of the molecule is CNO/C(C)=C(/c1cc(N)c(N)c(C(O)(c2ccccn2)c2ccccn2)c1)C(C)C. The minimum atomic E-state index is -1.70. The maximum absolute atomic E-state index is 12.1. The molecule has 162 valence electrons. The van der Waals surface area contributed by atoms with Crippen LogP contribution in [0.25, 0.3) is 5.57 Å². The van der Waals surface area contributed by atoms with Crippen LogP contribution in [-0.4, -0.2) is 22.1 Å². The van der Waals surface area contributed by atoms with Crippen molar-refractivity contribution in [1.82, 2.24) is 15.4 Å². The van der Waals surface area contributed by atoms with Gasteiger partial charge in [-0.15, -0.1) is 0 Å². The summed E-state index contributed by atoms with van der Waals surface area (Å²) in [5.74, 6) is 0.828. The lowest BCUT2D eigenvalue weighted by Crippen LogP contribution is -2.32. The Bertz CT molecular complexity index is 1030. The fourth-order valence-electron chi connectivity index (χ4n) is 3.84. The molecule has 0 amide bonds. The van der Waals surface area contributed by atoms with Crippen LogP contribution in [0.1, 0.15) is 43.3 Å². The summed E-state index contributed by atoms with van der Waals surface area (Å²) in [5.41, 5.74) is 17.3. The number of hydrogen-bond acceptors (Lipinski definition) is 7. The molecule has 3 rings (SSSR count). The second kappa shape index (κ2) is 9.16. The minimum absolute atomic E-state index is 0.127. The highest BCUT2D eigenvalue weighted by molar-refractivity contribution is 5.79. The molecule has 0 aliphatic heterocycles. The summed E-state index contributed by atoms with van der Waals surface area (Å²) >= 11 is 0. The standard InChI is InChI=1S/C24H29N5O2/c1-15(2)22(16(3)31-27-4)17-13-18(23(26)19(25)14-17)24(30,20-9-5-7-11-28-20)21-10-6-8-12-29-21/h5-15,27,30H,25-26H2,1-4H3/b22-16+. The van der Waals surface area contributed by atoms with Gasteiger partial charge < -0.3 is 21.4 Å². The summed E-state index contributed by atoms with van der Waals surface area (Å²) < 4.78 is 0. The van der Waals surface area contributed by atoms with Gasteiger partial charge in [0.15, 0.2) is 5.60 Å². The van der Waals surface area contributed by atoms with Crippen LogP contribution in [0.2, 0.25) is 0 Å². The quantitative estimate of drug-likeness (QED) is 0.263. The number of nitrogens with one attached hydrogen (secondary N) is 1. The number of benzene rings is 1. The molecular formula is C24H29N5O2. The van der Waals surface area contributed by atoms with E-state index in [9.17, 15) is 5.11 Å². The smallest absolute Gasteiger partial charge is 0.176 e. The molecule has 2 aromatic heterocycles.